The summed E-state index contributed by atoms with van der Waals surface area (Å²) in [6.45, 7) is 3.78. The predicted molar refractivity (Wildman–Crippen MR) is 80.9 cm³/mol. The Bertz CT molecular complexity index is 671. The lowest BCUT2D eigenvalue weighted by Gasteiger charge is -2.10. The van der Waals surface area contributed by atoms with Crippen molar-refractivity contribution in [1.29, 1.82) is 0 Å². The first-order chi connectivity index (χ1) is 9.95. The second kappa shape index (κ2) is 6.26. The van der Waals surface area contributed by atoms with Crippen LogP contribution < -0.4 is 15.8 Å². The predicted octanol–water partition coefficient (Wildman–Crippen LogP) is 3.04. The van der Waals surface area contributed by atoms with E-state index < -0.39 is 5.82 Å². The summed E-state index contributed by atoms with van der Waals surface area (Å²) in [5, 5.41) is 2.60. The molecule has 0 aliphatic rings. The maximum atomic E-state index is 13.0. The van der Waals surface area contributed by atoms with Gasteiger partial charge in [-0.3, -0.25) is 4.79 Å². The molecule has 0 spiro atoms. The maximum Gasteiger partial charge on any atom is 0.262 e. The number of hydrogen-bond acceptors (Lipinski definition) is 3. The van der Waals surface area contributed by atoms with E-state index in [0.717, 1.165) is 11.1 Å². The van der Waals surface area contributed by atoms with E-state index in [4.69, 9.17) is 10.5 Å². The van der Waals surface area contributed by atoms with Gasteiger partial charge in [0.05, 0.1) is 5.69 Å². The van der Waals surface area contributed by atoms with Gasteiger partial charge in [0.15, 0.2) is 6.61 Å². The van der Waals surface area contributed by atoms with Gasteiger partial charge in [0, 0.05) is 5.69 Å². The number of benzene rings is 2. The fourth-order valence-corrected chi connectivity index (χ4v) is 1.92. The van der Waals surface area contributed by atoms with Crippen LogP contribution in [0.1, 0.15) is 11.1 Å². The van der Waals surface area contributed by atoms with Gasteiger partial charge >= 0.3 is 0 Å². The standard InChI is InChI=1S/C16H17FN2O2/c1-10-3-6-15(11(2)7-10)21-9-16(20)19-12-4-5-13(17)14(18)8-12/h3-8H,9,18H2,1-2H3,(H,19,20). The number of carbonyl (C=O) groups excluding carboxylic acids is 1. The van der Waals surface area contributed by atoms with Crippen molar-refractivity contribution in [2.45, 2.75) is 13.8 Å². The minimum absolute atomic E-state index is 0.0110. The third-order valence-corrected chi connectivity index (χ3v) is 2.97. The van der Waals surface area contributed by atoms with Crippen LogP contribution in [0.3, 0.4) is 0 Å². The van der Waals surface area contributed by atoms with E-state index in [1.807, 2.05) is 32.0 Å². The van der Waals surface area contributed by atoms with Crippen LogP contribution in [-0.2, 0) is 4.79 Å². The Morgan fingerprint density at radius 1 is 1.24 bits per heavy atom. The Kier molecular flexibility index (Phi) is 4.42. The van der Waals surface area contributed by atoms with Gasteiger partial charge in [-0.25, -0.2) is 4.39 Å². The molecule has 3 N–H and O–H groups in total. The molecule has 0 bridgehead atoms. The van der Waals surface area contributed by atoms with Crippen LogP contribution in [0, 0.1) is 19.7 Å². The zero-order valence-corrected chi connectivity index (χ0v) is 11.9. The van der Waals surface area contributed by atoms with Crippen molar-refractivity contribution in [1.82, 2.24) is 0 Å². The van der Waals surface area contributed by atoms with Crippen molar-refractivity contribution in [3.63, 3.8) is 0 Å². The molecule has 2 aromatic rings. The third kappa shape index (κ3) is 3.95. The lowest BCUT2D eigenvalue weighted by molar-refractivity contribution is -0.118. The highest BCUT2D eigenvalue weighted by molar-refractivity contribution is 5.92. The van der Waals surface area contributed by atoms with Gasteiger partial charge in [-0.1, -0.05) is 17.7 Å². The zero-order valence-electron chi connectivity index (χ0n) is 11.9. The number of hydrogen-bond donors (Lipinski definition) is 2. The van der Waals surface area contributed by atoms with Crippen LogP contribution in [0.2, 0.25) is 0 Å². The van der Waals surface area contributed by atoms with Crippen molar-refractivity contribution >= 4 is 17.3 Å². The van der Waals surface area contributed by atoms with Gasteiger partial charge in [-0.05, 0) is 43.7 Å². The lowest BCUT2D eigenvalue weighted by atomic mass is 10.1. The Hall–Kier alpha value is -2.56. The van der Waals surface area contributed by atoms with Crippen LogP contribution in [-0.4, -0.2) is 12.5 Å². The molecule has 0 aliphatic heterocycles. The number of amides is 1. The van der Waals surface area contributed by atoms with Crippen LogP contribution in [0.25, 0.3) is 0 Å². The van der Waals surface area contributed by atoms with E-state index in [9.17, 15) is 9.18 Å². The summed E-state index contributed by atoms with van der Waals surface area (Å²) in [4.78, 5) is 11.8. The molecule has 4 nitrogen and oxygen atoms in total. The minimum Gasteiger partial charge on any atom is -0.483 e. The Morgan fingerprint density at radius 3 is 2.67 bits per heavy atom. The topological polar surface area (TPSA) is 64.3 Å². The smallest absolute Gasteiger partial charge is 0.262 e. The van der Waals surface area contributed by atoms with E-state index in [1.54, 1.807) is 0 Å². The van der Waals surface area contributed by atoms with Crippen molar-refractivity contribution in [3.8, 4) is 5.75 Å². The molecule has 0 radical (unpaired) electrons. The molecule has 2 rings (SSSR count). The summed E-state index contributed by atoms with van der Waals surface area (Å²) in [6.07, 6.45) is 0. The maximum absolute atomic E-state index is 13.0. The molecule has 21 heavy (non-hydrogen) atoms. The number of carbonyl (C=O) groups is 1. The summed E-state index contributed by atoms with van der Waals surface area (Å²) in [5.41, 5.74) is 7.96. The van der Waals surface area contributed by atoms with Crippen molar-refractivity contribution in [3.05, 3.63) is 53.3 Å². The zero-order chi connectivity index (χ0) is 15.4. The normalized spacial score (nSPS) is 10.2. The molecule has 1 amide bonds. The largest absolute Gasteiger partial charge is 0.483 e. The highest BCUT2D eigenvalue weighted by Gasteiger charge is 2.07. The highest BCUT2D eigenvalue weighted by atomic mass is 19.1. The van der Waals surface area contributed by atoms with Crippen LogP contribution in [0.4, 0.5) is 15.8 Å². The van der Waals surface area contributed by atoms with E-state index in [-0.39, 0.29) is 18.2 Å². The fourth-order valence-electron chi connectivity index (χ4n) is 1.92. The number of rotatable bonds is 4. The molecular formula is C16H17FN2O2. The molecule has 2 aromatic carbocycles. The molecular weight excluding hydrogens is 271 g/mol. The van der Waals surface area contributed by atoms with Crippen molar-refractivity contribution in [2.75, 3.05) is 17.7 Å². The molecule has 0 unspecified atom stereocenters. The first kappa shape index (κ1) is 14.8. The van der Waals surface area contributed by atoms with E-state index in [1.165, 1.54) is 18.2 Å². The molecule has 0 saturated carbocycles. The summed E-state index contributed by atoms with van der Waals surface area (Å²) >= 11 is 0. The average Bonchev–Trinajstić information content (AvgIpc) is 2.42. The number of anilines is 2. The minimum atomic E-state index is -0.514. The summed E-state index contributed by atoms with van der Waals surface area (Å²) in [6, 6.07) is 9.74. The Morgan fingerprint density at radius 2 is 2.00 bits per heavy atom. The van der Waals surface area contributed by atoms with E-state index >= 15 is 0 Å². The second-order valence-electron chi connectivity index (χ2n) is 4.84. The molecule has 0 heterocycles. The summed E-state index contributed by atoms with van der Waals surface area (Å²) < 4.78 is 18.5. The van der Waals surface area contributed by atoms with Gasteiger partial charge in [0.25, 0.3) is 5.91 Å². The van der Waals surface area contributed by atoms with Crippen molar-refractivity contribution < 1.29 is 13.9 Å². The number of nitrogens with one attached hydrogen (secondary N) is 1. The molecule has 0 aliphatic carbocycles. The summed E-state index contributed by atoms with van der Waals surface area (Å²) in [7, 11) is 0. The number of aryl methyl sites for hydroxylation is 2. The van der Waals surface area contributed by atoms with Gasteiger partial charge in [-0.15, -0.1) is 0 Å². The van der Waals surface area contributed by atoms with Gasteiger partial charge < -0.3 is 15.8 Å². The number of nitrogen functional groups attached to an aromatic ring is 1. The quantitative estimate of drug-likeness (QED) is 0.850. The molecule has 110 valence electrons. The average molecular weight is 288 g/mol. The van der Waals surface area contributed by atoms with Gasteiger partial charge in [0.2, 0.25) is 0 Å². The molecule has 0 atom stereocenters. The van der Waals surface area contributed by atoms with Crippen LogP contribution in [0.5, 0.6) is 5.75 Å². The van der Waals surface area contributed by atoms with Crippen LogP contribution >= 0.6 is 0 Å². The number of halogens is 1. The Labute approximate surface area is 122 Å². The molecule has 0 fully saturated rings. The van der Waals surface area contributed by atoms with Crippen LogP contribution in [0.15, 0.2) is 36.4 Å². The molecule has 0 aromatic heterocycles. The first-order valence-electron chi connectivity index (χ1n) is 6.50. The number of ether oxygens (including phenoxy) is 1. The van der Waals surface area contributed by atoms with Gasteiger partial charge in [-0.2, -0.15) is 0 Å². The van der Waals surface area contributed by atoms with Gasteiger partial charge in [0.1, 0.15) is 11.6 Å². The van der Waals surface area contributed by atoms with Crippen molar-refractivity contribution in [2.24, 2.45) is 0 Å². The SMILES string of the molecule is Cc1ccc(OCC(=O)Nc2ccc(F)c(N)c2)c(C)c1. The fraction of sp³-hybridized carbons (Fsp3) is 0.188. The monoisotopic (exact) mass is 288 g/mol. The van der Waals surface area contributed by atoms with E-state index in [0.29, 0.717) is 11.4 Å². The number of nitrogens with two attached hydrogens (primary N) is 1. The molecule has 0 saturated heterocycles. The molecule has 5 heteroatoms. The third-order valence-electron chi connectivity index (χ3n) is 2.97. The Balaban J connectivity index is 1.94. The lowest BCUT2D eigenvalue weighted by Crippen LogP contribution is -2.20. The van der Waals surface area contributed by atoms with E-state index in [2.05, 4.69) is 5.32 Å². The highest BCUT2D eigenvalue weighted by Crippen LogP contribution is 2.19. The first-order valence-corrected chi connectivity index (χ1v) is 6.50. The summed E-state index contributed by atoms with van der Waals surface area (Å²) in [5.74, 6) is -0.185. The second-order valence-corrected chi connectivity index (χ2v) is 4.84.